The zero-order valence-corrected chi connectivity index (χ0v) is 31.2. The highest BCUT2D eigenvalue weighted by Crippen LogP contribution is 2.49. The first kappa shape index (κ1) is 33.8. The predicted molar refractivity (Wildman–Crippen MR) is 232 cm³/mol. The van der Waals surface area contributed by atoms with Gasteiger partial charge in [-0.15, -0.1) is 0 Å². The third kappa shape index (κ3) is 5.54. The van der Waals surface area contributed by atoms with Crippen LogP contribution in [0.1, 0.15) is 11.1 Å². The monoisotopic (exact) mass is 746 g/mol. The van der Waals surface area contributed by atoms with Crippen LogP contribution in [0.5, 0.6) is 0 Å². The Labute approximate surface area is 334 Å². The Bertz CT molecular complexity index is 3140. The van der Waals surface area contributed by atoms with Gasteiger partial charge >= 0.3 is 0 Å². The molecule has 0 amide bonds. The highest BCUT2D eigenvalue weighted by atomic mass is 16.5. The Morgan fingerprint density at radius 3 is 1.57 bits per heavy atom. The molecule has 0 spiro atoms. The van der Waals surface area contributed by atoms with Crippen molar-refractivity contribution in [3.8, 4) is 73.2 Å². The Kier molecular flexibility index (Phi) is 7.76. The van der Waals surface area contributed by atoms with Gasteiger partial charge in [0.1, 0.15) is 0 Å². The molecule has 274 valence electrons. The summed E-state index contributed by atoms with van der Waals surface area (Å²) < 4.78 is 2.18. The zero-order valence-electron chi connectivity index (χ0n) is 31.2. The third-order valence-electron chi connectivity index (χ3n) is 11.2. The van der Waals surface area contributed by atoms with E-state index in [9.17, 15) is 10.2 Å². The van der Waals surface area contributed by atoms with Gasteiger partial charge in [0.15, 0.2) is 17.5 Å². The van der Waals surface area contributed by atoms with E-state index in [4.69, 9.17) is 15.0 Å². The van der Waals surface area contributed by atoms with Gasteiger partial charge in [0.25, 0.3) is 0 Å². The highest BCUT2D eigenvalue weighted by molar-refractivity contribution is 6.11. The Morgan fingerprint density at radius 1 is 0.345 bits per heavy atom. The number of fused-ring (bicyclic) bond motifs is 6. The molecule has 0 fully saturated rings. The smallest absolute Gasteiger partial charge is 0.218 e. The van der Waals surface area contributed by atoms with Crippen molar-refractivity contribution in [1.29, 1.82) is 0 Å². The van der Waals surface area contributed by atoms with Crippen LogP contribution in [0.15, 0.2) is 194 Å². The van der Waals surface area contributed by atoms with Crippen LogP contribution in [0.25, 0.3) is 95.0 Å². The summed E-state index contributed by atoms with van der Waals surface area (Å²) in [6.07, 6.45) is 0. The lowest BCUT2D eigenvalue weighted by molar-refractivity contribution is -0.128. The summed E-state index contributed by atoms with van der Waals surface area (Å²) in [6, 6.07) is 65.3. The van der Waals surface area contributed by atoms with E-state index in [-0.39, 0.29) is 0 Å². The Hall–Kier alpha value is -7.51. The molecule has 0 aliphatic heterocycles. The third-order valence-corrected chi connectivity index (χ3v) is 11.2. The number of benzene rings is 8. The fourth-order valence-electron chi connectivity index (χ4n) is 8.46. The molecule has 10 aromatic rings. The van der Waals surface area contributed by atoms with Gasteiger partial charge in [0.2, 0.25) is 5.79 Å². The number of rotatable bonds is 6. The molecule has 2 aromatic heterocycles. The van der Waals surface area contributed by atoms with Crippen LogP contribution in [0.3, 0.4) is 0 Å². The van der Waals surface area contributed by atoms with Crippen LogP contribution in [-0.4, -0.2) is 29.7 Å². The zero-order chi connectivity index (χ0) is 38.8. The van der Waals surface area contributed by atoms with E-state index in [0.717, 1.165) is 77.6 Å². The van der Waals surface area contributed by atoms with Gasteiger partial charge in [-0.05, 0) is 81.9 Å². The highest BCUT2D eigenvalue weighted by Gasteiger charge is 2.40. The molecule has 2 N–H and O–H groups in total. The first-order valence-corrected chi connectivity index (χ1v) is 19.3. The summed E-state index contributed by atoms with van der Waals surface area (Å²) in [5.74, 6) is -0.430. The van der Waals surface area contributed by atoms with Crippen LogP contribution in [-0.2, 0) is 5.79 Å². The van der Waals surface area contributed by atoms with E-state index in [1.165, 1.54) is 0 Å². The first-order valence-electron chi connectivity index (χ1n) is 19.3. The minimum Gasteiger partial charge on any atom is -0.358 e. The average molecular weight is 747 g/mol. The van der Waals surface area contributed by atoms with E-state index < -0.39 is 5.79 Å². The lowest BCUT2D eigenvalue weighted by atomic mass is 9.96. The fraction of sp³-hybridized carbons (Fsp3) is 0.0192. The van der Waals surface area contributed by atoms with Crippen LogP contribution >= 0.6 is 0 Å². The summed E-state index contributed by atoms with van der Waals surface area (Å²) in [6.45, 7) is 0. The number of hydrogen-bond acceptors (Lipinski definition) is 5. The van der Waals surface area contributed by atoms with E-state index >= 15 is 0 Å². The molecule has 8 aromatic carbocycles. The van der Waals surface area contributed by atoms with Crippen LogP contribution in [0, 0.1) is 0 Å². The minimum atomic E-state index is -2.11. The molecule has 2 heterocycles. The molecule has 11 rings (SSSR count). The number of aliphatic hydroxyl groups is 2. The van der Waals surface area contributed by atoms with Gasteiger partial charge in [-0.3, -0.25) is 0 Å². The molecule has 0 saturated heterocycles. The van der Waals surface area contributed by atoms with Crippen molar-refractivity contribution in [3.05, 3.63) is 205 Å². The van der Waals surface area contributed by atoms with Gasteiger partial charge in [0.05, 0.1) is 11.0 Å². The molecule has 0 unspecified atom stereocenters. The van der Waals surface area contributed by atoms with Crippen molar-refractivity contribution >= 4 is 21.8 Å². The van der Waals surface area contributed by atoms with E-state index in [2.05, 4.69) is 102 Å². The molecule has 58 heavy (non-hydrogen) atoms. The predicted octanol–water partition coefficient (Wildman–Crippen LogP) is 11.5. The maximum absolute atomic E-state index is 11.5. The second-order valence-electron chi connectivity index (χ2n) is 14.7. The fourth-order valence-corrected chi connectivity index (χ4v) is 8.46. The van der Waals surface area contributed by atoms with E-state index in [0.29, 0.717) is 28.6 Å². The normalized spacial score (nSPS) is 12.8. The molecular formula is C52H34N4O2. The molecule has 1 aliphatic rings. The van der Waals surface area contributed by atoms with Gasteiger partial charge in [0, 0.05) is 44.3 Å². The Morgan fingerprint density at radius 2 is 0.879 bits per heavy atom. The summed E-state index contributed by atoms with van der Waals surface area (Å²) in [5.41, 5.74) is 12.3. The summed E-state index contributed by atoms with van der Waals surface area (Å²) in [5, 5.41) is 25.1. The standard InChI is InChI=1S/C52H34N4O2/c57-52(58)45-25-12-10-23-41(45)43-31-44-42-24-11-13-26-47(42)56(48(44)32-46(43)52)40-22-14-21-36(30-40)50-53-49(35-19-8-3-9-20-35)54-51(55-50)39-28-37(33-15-4-1-5-16-33)27-38(29-39)34-17-6-2-7-18-34/h1-32,57-58H. The van der Waals surface area contributed by atoms with Crippen LogP contribution < -0.4 is 0 Å². The van der Waals surface area contributed by atoms with Crippen molar-refractivity contribution in [1.82, 2.24) is 19.5 Å². The topological polar surface area (TPSA) is 84.1 Å². The van der Waals surface area contributed by atoms with E-state index in [1.807, 2.05) is 91.0 Å². The van der Waals surface area contributed by atoms with Crippen molar-refractivity contribution < 1.29 is 10.2 Å². The van der Waals surface area contributed by atoms with Crippen LogP contribution in [0.2, 0.25) is 0 Å². The molecule has 6 heteroatoms. The van der Waals surface area contributed by atoms with Crippen molar-refractivity contribution in [2.24, 2.45) is 0 Å². The number of aromatic nitrogens is 4. The van der Waals surface area contributed by atoms with Crippen molar-refractivity contribution in [2.75, 3.05) is 0 Å². The quantitative estimate of drug-likeness (QED) is 0.166. The molecule has 0 atom stereocenters. The number of nitrogens with zero attached hydrogens (tertiary/aromatic N) is 4. The van der Waals surface area contributed by atoms with Gasteiger partial charge < -0.3 is 14.8 Å². The van der Waals surface area contributed by atoms with Gasteiger partial charge in [-0.25, -0.2) is 15.0 Å². The molecule has 0 saturated carbocycles. The molecule has 6 nitrogen and oxygen atoms in total. The molecule has 0 radical (unpaired) electrons. The lowest BCUT2D eigenvalue weighted by Gasteiger charge is -2.18. The summed E-state index contributed by atoms with van der Waals surface area (Å²) in [4.78, 5) is 15.4. The second-order valence-corrected chi connectivity index (χ2v) is 14.7. The average Bonchev–Trinajstić information content (AvgIpc) is 3.73. The number of hydrogen-bond donors (Lipinski definition) is 2. The number of para-hydroxylation sites is 1. The summed E-state index contributed by atoms with van der Waals surface area (Å²) >= 11 is 0. The SMILES string of the molecule is OC1(O)c2ccccc2-c2cc3c4ccccc4n(-c4cccc(-c5nc(-c6ccccc6)nc(-c6cc(-c7ccccc7)cc(-c7ccccc7)c6)n5)c4)c3cc21. The lowest BCUT2D eigenvalue weighted by Crippen LogP contribution is -2.23. The van der Waals surface area contributed by atoms with Crippen molar-refractivity contribution in [2.45, 2.75) is 5.79 Å². The molecular weight excluding hydrogens is 713 g/mol. The van der Waals surface area contributed by atoms with Crippen molar-refractivity contribution in [3.63, 3.8) is 0 Å². The summed E-state index contributed by atoms with van der Waals surface area (Å²) in [7, 11) is 0. The van der Waals surface area contributed by atoms with E-state index in [1.54, 1.807) is 6.07 Å². The molecule has 1 aliphatic carbocycles. The Balaban J connectivity index is 1.11. The first-order chi connectivity index (χ1) is 28.5. The second kappa shape index (κ2) is 13.3. The van der Waals surface area contributed by atoms with Crippen LogP contribution in [0.4, 0.5) is 0 Å². The van der Waals surface area contributed by atoms with Gasteiger partial charge in [-0.1, -0.05) is 146 Å². The van der Waals surface area contributed by atoms with Gasteiger partial charge in [-0.2, -0.15) is 0 Å². The maximum atomic E-state index is 11.5. The largest absolute Gasteiger partial charge is 0.358 e. The molecule has 0 bridgehead atoms. The minimum absolute atomic E-state index is 0.462. The maximum Gasteiger partial charge on any atom is 0.218 e.